The van der Waals surface area contributed by atoms with Gasteiger partial charge in [-0.3, -0.25) is 0 Å². The van der Waals surface area contributed by atoms with Crippen LogP contribution in [0.25, 0.3) is 10.9 Å². The molecule has 0 spiro atoms. The van der Waals surface area contributed by atoms with Gasteiger partial charge in [0, 0.05) is 29.4 Å². The number of anilines is 2. The van der Waals surface area contributed by atoms with E-state index in [-0.39, 0.29) is 0 Å². The standard InChI is InChI=1S/C19H19ClN6/c1-12-10-17(26-25-12)23-18-15-4-2-3-5-16(15)22-19(24-18)21-11-13-6-8-14(20)9-7-13/h2-9,12,25H,10-11H2,1H3,(H2,21,22,23,24,26). The Morgan fingerprint density at radius 1 is 1.12 bits per heavy atom. The van der Waals surface area contributed by atoms with Crippen LogP contribution in [-0.2, 0) is 6.54 Å². The van der Waals surface area contributed by atoms with Gasteiger partial charge in [0.05, 0.1) is 5.52 Å². The summed E-state index contributed by atoms with van der Waals surface area (Å²) in [5.74, 6) is 2.20. The number of rotatable bonds is 4. The zero-order chi connectivity index (χ0) is 17.9. The van der Waals surface area contributed by atoms with Gasteiger partial charge in [-0.1, -0.05) is 35.9 Å². The number of aromatic nitrogens is 2. The lowest BCUT2D eigenvalue weighted by atomic mass is 10.2. The lowest BCUT2D eigenvalue weighted by molar-refractivity contribution is 0.636. The van der Waals surface area contributed by atoms with Crippen LogP contribution in [0.1, 0.15) is 18.9 Å². The Hall–Kier alpha value is -2.86. The zero-order valence-electron chi connectivity index (χ0n) is 14.3. The molecule has 3 N–H and O–H groups in total. The van der Waals surface area contributed by atoms with E-state index in [2.05, 4.69) is 38.1 Å². The van der Waals surface area contributed by atoms with E-state index in [1.54, 1.807) is 0 Å². The molecule has 2 aromatic carbocycles. The number of nitrogens with one attached hydrogen (secondary N) is 3. The van der Waals surface area contributed by atoms with Crippen molar-refractivity contribution in [3.63, 3.8) is 0 Å². The van der Waals surface area contributed by atoms with Crippen molar-refractivity contribution in [1.29, 1.82) is 0 Å². The quantitative estimate of drug-likeness (QED) is 0.650. The Balaban J connectivity index is 1.59. The Morgan fingerprint density at radius 2 is 1.92 bits per heavy atom. The van der Waals surface area contributed by atoms with Crippen molar-refractivity contribution >= 4 is 40.1 Å². The van der Waals surface area contributed by atoms with Crippen LogP contribution >= 0.6 is 11.6 Å². The zero-order valence-corrected chi connectivity index (χ0v) is 15.1. The van der Waals surface area contributed by atoms with Gasteiger partial charge in [-0.25, -0.2) is 4.98 Å². The number of amidine groups is 1. The molecule has 26 heavy (non-hydrogen) atoms. The van der Waals surface area contributed by atoms with Crippen LogP contribution in [0.5, 0.6) is 0 Å². The van der Waals surface area contributed by atoms with Crippen molar-refractivity contribution in [1.82, 2.24) is 15.4 Å². The van der Waals surface area contributed by atoms with Crippen LogP contribution in [0, 0.1) is 0 Å². The molecule has 1 atom stereocenters. The maximum absolute atomic E-state index is 5.94. The Morgan fingerprint density at radius 3 is 2.69 bits per heavy atom. The van der Waals surface area contributed by atoms with Crippen molar-refractivity contribution in [2.24, 2.45) is 5.10 Å². The van der Waals surface area contributed by atoms with E-state index < -0.39 is 0 Å². The highest BCUT2D eigenvalue weighted by molar-refractivity contribution is 6.30. The summed E-state index contributed by atoms with van der Waals surface area (Å²) < 4.78 is 0. The van der Waals surface area contributed by atoms with Gasteiger partial charge >= 0.3 is 0 Å². The smallest absolute Gasteiger partial charge is 0.225 e. The fourth-order valence-corrected chi connectivity index (χ4v) is 2.95. The molecule has 6 nitrogen and oxygen atoms in total. The van der Waals surface area contributed by atoms with Crippen LogP contribution in [0.2, 0.25) is 5.02 Å². The molecule has 0 fully saturated rings. The summed E-state index contributed by atoms with van der Waals surface area (Å²) in [7, 11) is 0. The van der Waals surface area contributed by atoms with Crippen molar-refractivity contribution in [3.05, 3.63) is 59.1 Å². The minimum atomic E-state index is 0.327. The fraction of sp³-hybridized carbons (Fsp3) is 0.211. The summed E-state index contributed by atoms with van der Waals surface area (Å²) in [6.45, 7) is 2.71. The fourth-order valence-electron chi connectivity index (χ4n) is 2.82. The summed E-state index contributed by atoms with van der Waals surface area (Å²) in [5.41, 5.74) is 5.05. The highest BCUT2D eigenvalue weighted by atomic mass is 35.5. The molecule has 0 bridgehead atoms. The Bertz CT molecular complexity index is 954. The van der Waals surface area contributed by atoms with Gasteiger partial charge < -0.3 is 16.1 Å². The van der Waals surface area contributed by atoms with E-state index >= 15 is 0 Å². The second kappa shape index (κ2) is 7.17. The SMILES string of the molecule is CC1CC(Nc2nc(NCc3ccc(Cl)cc3)nc3ccccc23)=NN1. The number of hydrogen-bond acceptors (Lipinski definition) is 6. The topological polar surface area (TPSA) is 74.2 Å². The van der Waals surface area contributed by atoms with Crippen molar-refractivity contribution in [2.45, 2.75) is 25.9 Å². The molecule has 0 aliphatic carbocycles. The predicted molar refractivity (Wildman–Crippen MR) is 107 cm³/mol. The molecule has 132 valence electrons. The van der Waals surface area contributed by atoms with Crippen LogP contribution in [0.3, 0.4) is 0 Å². The second-order valence-electron chi connectivity index (χ2n) is 6.31. The van der Waals surface area contributed by atoms with Gasteiger partial charge in [-0.15, -0.1) is 0 Å². The predicted octanol–water partition coefficient (Wildman–Crippen LogP) is 4.00. The average Bonchev–Trinajstić information content (AvgIpc) is 3.06. The third-order valence-corrected chi connectivity index (χ3v) is 4.40. The first kappa shape index (κ1) is 16.6. The van der Waals surface area contributed by atoms with Crippen LogP contribution < -0.4 is 16.1 Å². The van der Waals surface area contributed by atoms with Crippen LogP contribution in [0.15, 0.2) is 53.6 Å². The molecule has 0 saturated heterocycles. The van der Waals surface area contributed by atoms with E-state index in [1.807, 2.05) is 48.5 Å². The highest BCUT2D eigenvalue weighted by Crippen LogP contribution is 2.23. The molecule has 7 heteroatoms. The first-order valence-corrected chi connectivity index (χ1v) is 8.89. The molecule has 0 saturated carbocycles. The lowest BCUT2D eigenvalue weighted by Crippen LogP contribution is -2.16. The number of nitrogens with zero attached hydrogens (tertiary/aromatic N) is 3. The molecule has 1 unspecified atom stereocenters. The number of fused-ring (bicyclic) bond motifs is 1. The number of para-hydroxylation sites is 1. The van der Waals surface area contributed by atoms with E-state index in [1.165, 1.54) is 0 Å². The molecule has 1 aromatic heterocycles. The van der Waals surface area contributed by atoms with E-state index in [0.29, 0.717) is 18.5 Å². The molecule has 0 radical (unpaired) electrons. The van der Waals surface area contributed by atoms with Crippen molar-refractivity contribution in [3.8, 4) is 0 Å². The van der Waals surface area contributed by atoms with Gasteiger partial charge in [0.2, 0.25) is 5.95 Å². The number of benzene rings is 2. The minimum Gasteiger partial charge on any atom is -0.350 e. The Labute approximate surface area is 156 Å². The summed E-state index contributed by atoms with van der Waals surface area (Å²) >= 11 is 5.94. The van der Waals surface area contributed by atoms with Crippen molar-refractivity contribution < 1.29 is 0 Å². The molecule has 1 aliphatic heterocycles. The summed E-state index contributed by atoms with van der Waals surface area (Å²) in [6, 6.07) is 16.0. The molecular formula is C19H19ClN6. The normalized spacial score (nSPS) is 16.2. The minimum absolute atomic E-state index is 0.327. The maximum atomic E-state index is 5.94. The molecule has 3 aromatic rings. The molecule has 4 rings (SSSR count). The highest BCUT2D eigenvalue weighted by Gasteiger charge is 2.16. The van der Waals surface area contributed by atoms with Gasteiger partial charge in [0.1, 0.15) is 11.7 Å². The van der Waals surface area contributed by atoms with Crippen LogP contribution in [0.4, 0.5) is 11.8 Å². The van der Waals surface area contributed by atoms with E-state index in [0.717, 1.165) is 39.6 Å². The first-order valence-electron chi connectivity index (χ1n) is 8.51. The number of halogens is 1. The van der Waals surface area contributed by atoms with Gasteiger partial charge in [-0.05, 0) is 36.8 Å². The number of hydrazone groups is 1. The summed E-state index contributed by atoms with van der Waals surface area (Å²) in [6.07, 6.45) is 0.839. The third kappa shape index (κ3) is 3.70. The maximum Gasteiger partial charge on any atom is 0.225 e. The van der Waals surface area contributed by atoms with Gasteiger partial charge in [0.25, 0.3) is 0 Å². The largest absolute Gasteiger partial charge is 0.350 e. The number of hydrogen-bond donors (Lipinski definition) is 3. The first-order chi connectivity index (χ1) is 12.7. The van der Waals surface area contributed by atoms with E-state index in [4.69, 9.17) is 11.6 Å². The average molecular weight is 367 g/mol. The summed E-state index contributed by atoms with van der Waals surface area (Å²) in [4.78, 5) is 9.27. The molecular weight excluding hydrogens is 348 g/mol. The lowest BCUT2D eigenvalue weighted by Gasteiger charge is -2.11. The molecule has 0 amide bonds. The third-order valence-electron chi connectivity index (χ3n) is 4.15. The van der Waals surface area contributed by atoms with Gasteiger partial charge in [-0.2, -0.15) is 10.1 Å². The van der Waals surface area contributed by atoms with Crippen molar-refractivity contribution in [2.75, 3.05) is 10.6 Å². The second-order valence-corrected chi connectivity index (χ2v) is 6.75. The van der Waals surface area contributed by atoms with Gasteiger partial charge in [0.15, 0.2) is 0 Å². The Kier molecular flexibility index (Phi) is 4.58. The monoisotopic (exact) mass is 366 g/mol. The molecule has 2 heterocycles. The van der Waals surface area contributed by atoms with Crippen LogP contribution in [-0.4, -0.2) is 21.8 Å². The van der Waals surface area contributed by atoms with E-state index in [9.17, 15) is 0 Å². The summed E-state index contributed by atoms with van der Waals surface area (Å²) in [5, 5.41) is 12.6. The molecule has 1 aliphatic rings.